The van der Waals surface area contributed by atoms with Crippen LogP contribution in [0.3, 0.4) is 0 Å². The van der Waals surface area contributed by atoms with Crippen LogP contribution in [0.2, 0.25) is 10.0 Å². The molecule has 1 aromatic heterocycles. The number of hydrogen-bond donors (Lipinski definition) is 2. The molecule has 3 amide bonds. The van der Waals surface area contributed by atoms with Gasteiger partial charge in [0.05, 0.1) is 28.2 Å². The molecule has 0 radical (unpaired) electrons. The average molecular weight is 401 g/mol. The highest BCUT2D eigenvalue weighted by Gasteiger charge is 2.14. The van der Waals surface area contributed by atoms with E-state index in [0.717, 1.165) is 5.56 Å². The van der Waals surface area contributed by atoms with Gasteiger partial charge in [-0.3, -0.25) is 20.4 Å². The van der Waals surface area contributed by atoms with Gasteiger partial charge >= 0.3 is 6.03 Å². The van der Waals surface area contributed by atoms with Gasteiger partial charge in [-0.15, -0.1) is 0 Å². The molecule has 6 nitrogen and oxygen atoms in total. The van der Waals surface area contributed by atoms with Crippen molar-refractivity contribution in [2.45, 2.75) is 6.92 Å². The van der Waals surface area contributed by atoms with Gasteiger partial charge in [-0.05, 0) is 31.2 Å². The quantitative estimate of drug-likeness (QED) is 0.665. The number of benzene rings is 2. The maximum atomic E-state index is 12.1. The largest absolute Gasteiger partial charge is 0.327 e. The van der Waals surface area contributed by atoms with Gasteiger partial charge in [-0.2, -0.15) is 0 Å². The van der Waals surface area contributed by atoms with Crippen LogP contribution in [-0.2, 0) is 0 Å². The molecular formula is C19H14Cl2N4O2. The second kappa shape index (κ2) is 8.16. The zero-order valence-electron chi connectivity index (χ0n) is 14.2. The Hall–Kier alpha value is -2.96. The molecule has 2 N–H and O–H groups in total. The van der Waals surface area contributed by atoms with Crippen LogP contribution in [0.25, 0.3) is 11.3 Å². The number of hydrogen-bond acceptors (Lipinski definition) is 4. The second-order valence-corrected chi connectivity index (χ2v) is 6.43. The number of carbonyl (C=O) groups is 2. The third-order valence-corrected chi connectivity index (χ3v) is 4.23. The summed E-state index contributed by atoms with van der Waals surface area (Å²) in [6, 6.07) is 12.9. The lowest BCUT2D eigenvalue weighted by Gasteiger charge is -2.09. The van der Waals surface area contributed by atoms with E-state index < -0.39 is 11.9 Å². The molecule has 0 atom stereocenters. The van der Waals surface area contributed by atoms with E-state index in [9.17, 15) is 9.59 Å². The fraction of sp³-hybridized carbons (Fsp3) is 0.0526. The minimum atomic E-state index is -0.729. The summed E-state index contributed by atoms with van der Waals surface area (Å²) in [7, 11) is 0. The van der Waals surface area contributed by atoms with E-state index in [0.29, 0.717) is 16.4 Å². The Bertz CT molecular complexity index is 1010. The molecular weight excluding hydrogens is 387 g/mol. The lowest BCUT2D eigenvalue weighted by Crippen LogP contribution is -2.34. The third-order valence-electron chi connectivity index (χ3n) is 3.65. The molecule has 1 heterocycles. The first-order chi connectivity index (χ1) is 12.9. The van der Waals surface area contributed by atoms with Crippen LogP contribution in [0.1, 0.15) is 16.1 Å². The number of carbonyl (C=O) groups excluding carboxylic acids is 2. The number of anilines is 1. The molecule has 0 aliphatic heterocycles. The van der Waals surface area contributed by atoms with Gasteiger partial charge in [-0.25, -0.2) is 9.78 Å². The van der Waals surface area contributed by atoms with Crippen molar-refractivity contribution in [3.05, 3.63) is 76.0 Å². The summed E-state index contributed by atoms with van der Waals surface area (Å²) in [5, 5.41) is 5.57. The van der Waals surface area contributed by atoms with Gasteiger partial charge in [0.2, 0.25) is 0 Å². The molecule has 8 heteroatoms. The van der Waals surface area contributed by atoms with Crippen molar-refractivity contribution in [3.8, 4) is 11.3 Å². The molecule has 0 saturated carbocycles. The first kappa shape index (κ1) is 18.8. The zero-order valence-corrected chi connectivity index (χ0v) is 15.7. The summed E-state index contributed by atoms with van der Waals surface area (Å²) in [4.78, 5) is 32.8. The maximum absolute atomic E-state index is 12.1. The molecule has 0 fully saturated rings. The number of amides is 3. The number of aryl methyl sites for hydroxylation is 1. The number of aromatic nitrogens is 2. The van der Waals surface area contributed by atoms with Crippen LogP contribution in [0.15, 0.2) is 54.7 Å². The van der Waals surface area contributed by atoms with E-state index >= 15 is 0 Å². The van der Waals surface area contributed by atoms with E-state index in [-0.39, 0.29) is 16.4 Å². The predicted octanol–water partition coefficient (Wildman–Crippen LogP) is 4.72. The van der Waals surface area contributed by atoms with Crippen molar-refractivity contribution in [2.24, 2.45) is 0 Å². The van der Waals surface area contributed by atoms with Gasteiger partial charge in [0.25, 0.3) is 5.91 Å². The van der Waals surface area contributed by atoms with Crippen molar-refractivity contribution in [3.63, 3.8) is 0 Å². The van der Waals surface area contributed by atoms with Crippen LogP contribution in [-0.4, -0.2) is 21.9 Å². The minimum Gasteiger partial charge on any atom is -0.291 e. The smallest absolute Gasteiger partial charge is 0.291 e. The number of halogens is 2. The lowest BCUT2D eigenvalue weighted by atomic mass is 10.1. The van der Waals surface area contributed by atoms with Crippen LogP contribution in [0.5, 0.6) is 0 Å². The monoisotopic (exact) mass is 400 g/mol. The highest BCUT2D eigenvalue weighted by atomic mass is 35.5. The number of rotatable bonds is 3. The van der Waals surface area contributed by atoms with E-state index in [1.54, 1.807) is 37.3 Å². The first-order valence-electron chi connectivity index (χ1n) is 7.90. The Labute approximate surface area is 165 Å². The summed E-state index contributed by atoms with van der Waals surface area (Å²) < 4.78 is 0. The molecule has 3 aromatic rings. The molecule has 27 heavy (non-hydrogen) atoms. The van der Waals surface area contributed by atoms with Gasteiger partial charge in [0, 0.05) is 10.6 Å². The molecule has 3 rings (SSSR count). The highest BCUT2D eigenvalue weighted by molar-refractivity contribution is 6.34. The summed E-state index contributed by atoms with van der Waals surface area (Å²) in [5.41, 5.74) is 2.35. The van der Waals surface area contributed by atoms with Crippen molar-refractivity contribution < 1.29 is 9.59 Å². The Morgan fingerprint density at radius 1 is 1.00 bits per heavy atom. The van der Waals surface area contributed by atoms with Crippen LogP contribution in [0.4, 0.5) is 10.6 Å². The van der Waals surface area contributed by atoms with Crippen LogP contribution in [0, 0.1) is 6.92 Å². The molecule has 0 aliphatic carbocycles. The molecule has 136 valence electrons. The van der Waals surface area contributed by atoms with Crippen molar-refractivity contribution in [2.75, 3.05) is 5.32 Å². The molecule has 0 bridgehead atoms. The normalized spacial score (nSPS) is 10.3. The van der Waals surface area contributed by atoms with E-state index in [2.05, 4.69) is 20.6 Å². The van der Waals surface area contributed by atoms with E-state index in [4.69, 9.17) is 23.2 Å². The van der Waals surface area contributed by atoms with Gasteiger partial charge in [-0.1, -0.05) is 47.5 Å². The number of imide groups is 1. The summed E-state index contributed by atoms with van der Waals surface area (Å²) in [5.74, 6) is -0.393. The lowest BCUT2D eigenvalue weighted by molar-refractivity contribution is 0.0967. The average Bonchev–Trinajstić information content (AvgIpc) is 2.63. The van der Waals surface area contributed by atoms with Crippen LogP contribution < -0.4 is 10.6 Å². The first-order valence-corrected chi connectivity index (χ1v) is 8.66. The van der Waals surface area contributed by atoms with Gasteiger partial charge < -0.3 is 0 Å². The highest BCUT2D eigenvalue weighted by Crippen LogP contribution is 2.22. The maximum Gasteiger partial charge on any atom is 0.327 e. The number of urea groups is 1. The fourth-order valence-electron chi connectivity index (χ4n) is 2.40. The molecule has 0 spiro atoms. The fourth-order valence-corrected chi connectivity index (χ4v) is 2.74. The Morgan fingerprint density at radius 2 is 1.70 bits per heavy atom. The van der Waals surface area contributed by atoms with Crippen molar-refractivity contribution >= 4 is 41.0 Å². The molecule has 0 aliphatic rings. The molecule has 0 saturated heterocycles. The second-order valence-electron chi connectivity index (χ2n) is 5.58. The Morgan fingerprint density at radius 3 is 2.37 bits per heavy atom. The Balaban J connectivity index is 1.69. The van der Waals surface area contributed by atoms with Crippen molar-refractivity contribution in [1.82, 2.24) is 15.3 Å². The summed E-state index contributed by atoms with van der Waals surface area (Å²) in [6.45, 7) is 1.77. The summed E-state index contributed by atoms with van der Waals surface area (Å²) in [6.07, 6.45) is 1.41. The number of nitrogens with one attached hydrogen (secondary N) is 2. The predicted molar refractivity (Wildman–Crippen MR) is 105 cm³/mol. The standard InChI is InChI=1S/C19H14Cl2N4O2/c1-11-17(12-6-8-13(20)9-7-12)22-10-16(23-11)24-19(27)25-18(26)14-4-2-3-5-15(14)21/h2-10H,1H3,(H2,23,24,25,26,27). The number of nitrogens with zero attached hydrogens (tertiary/aromatic N) is 2. The van der Waals surface area contributed by atoms with E-state index in [1.165, 1.54) is 12.3 Å². The van der Waals surface area contributed by atoms with E-state index in [1.807, 2.05) is 12.1 Å². The third kappa shape index (κ3) is 4.61. The van der Waals surface area contributed by atoms with Gasteiger partial charge in [0.15, 0.2) is 5.82 Å². The summed E-state index contributed by atoms with van der Waals surface area (Å²) >= 11 is 11.8. The van der Waals surface area contributed by atoms with Crippen LogP contribution >= 0.6 is 23.2 Å². The zero-order chi connectivity index (χ0) is 19.4. The molecule has 2 aromatic carbocycles. The topological polar surface area (TPSA) is 84.0 Å². The minimum absolute atomic E-state index is 0.203. The van der Waals surface area contributed by atoms with Gasteiger partial charge in [0.1, 0.15) is 0 Å². The Kier molecular flexibility index (Phi) is 5.69. The SMILES string of the molecule is Cc1nc(NC(=O)NC(=O)c2ccccc2Cl)cnc1-c1ccc(Cl)cc1. The molecule has 0 unspecified atom stereocenters. The van der Waals surface area contributed by atoms with Crippen molar-refractivity contribution in [1.29, 1.82) is 0 Å².